The zero-order chi connectivity index (χ0) is 21.8. The van der Waals surface area contributed by atoms with E-state index in [4.69, 9.17) is 23.2 Å². The number of benzene rings is 2. The minimum atomic E-state index is -0.436. The number of halogens is 2. The van der Waals surface area contributed by atoms with Crippen LogP contribution < -0.4 is 10.6 Å². The molecular formula is C22H22Cl2N4O2. The number of urea groups is 1. The Labute approximate surface area is 185 Å². The van der Waals surface area contributed by atoms with Crippen molar-refractivity contribution < 1.29 is 9.59 Å². The number of anilines is 2. The molecule has 2 N–H and O–H groups in total. The lowest BCUT2D eigenvalue weighted by Crippen LogP contribution is -2.34. The summed E-state index contributed by atoms with van der Waals surface area (Å²) in [5, 5.41) is 7.05. The van der Waals surface area contributed by atoms with Gasteiger partial charge < -0.3 is 15.5 Å². The molecule has 2 aromatic carbocycles. The Morgan fingerprint density at radius 3 is 2.27 bits per heavy atom. The average Bonchev–Trinajstić information content (AvgIpc) is 2.71. The third kappa shape index (κ3) is 4.35. The highest BCUT2D eigenvalue weighted by Crippen LogP contribution is 2.32. The SMILES string of the molecule is CCN(CC)C(=O)Nc1c(C)cnc2c(NC(=O)c3c(Cl)cccc3Cl)cccc12. The first-order valence-electron chi connectivity index (χ1n) is 9.57. The Hall–Kier alpha value is -2.83. The number of carbonyl (C=O) groups excluding carboxylic acids is 2. The van der Waals surface area contributed by atoms with Crippen LogP contribution in [-0.4, -0.2) is 34.9 Å². The van der Waals surface area contributed by atoms with Gasteiger partial charge in [0.1, 0.15) is 0 Å². The van der Waals surface area contributed by atoms with E-state index in [1.54, 1.807) is 41.4 Å². The molecule has 0 bridgehead atoms. The Balaban J connectivity index is 2.00. The van der Waals surface area contributed by atoms with Gasteiger partial charge in [-0.25, -0.2) is 4.79 Å². The van der Waals surface area contributed by atoms with Gasteiger partial charge in [-0.05, 0) is 44.5 Å². The third-order valence-corrected chi connectivity index (χ3v) is 5.44. The minimum Gasteiger partial charge on any atom is -0.325 e. The lowest BCUT2D eigenvalue weighted by molar-refractivity contribution is 0.102. The molecule has 0 saturated carbocycles. The van der Waals surface area contributed by atoms with E-state index < -0.39 is 5.91 Å². The average molecular weight is 445 g/mol. The summed E-state index contributed by atoms with van der Waals surface area (Å²) < 4.78 is 0. The monoisotopic (exact) mass is 444 g/mol. The molecule has 3 amide bonds. The van der Waals surface area contributed by atoms with Crippen molar-refractivity contribution >= 4 is 57.4 Å². The fourth-order valence-electron chi connectivity index (χ4n) is 3.19. The summed E-state index contributed by atoms with van der Waals surface area (Å²) in [5.74, 6) is -0.436. The predicted octanol–water partition coefficient (Wildman–Crippen LogP) is 5.98. The highest BCUT2D eigenvalue weighted by molar-refractivity contribution is 6.40. The summed E-state index contributed by atoms with van der Waals surface area (Å²) >= 11 is 12.3. The third-order valence-electron chi connectivity index (χ3n) is 4.81. The number of rotatable bonds is 5. The predicted molar refractivity (Wildman–Crippen MR) is 123 cm³/mol. The van der Waals surface area contributed by atoms with Crippen LogP contribution in [0.1, 0.15) is 29.8 Å². The molecule has 30 heavy (non-hydrogen) atoms. The molecule has 6 nitrogen and oxygen atoms in total. The quantitative estimate of drug-likeness (QED) is 0.508. The van der Waals surface area contributed by atoms with E-state index >= 15 is 0 Å². The van der Waals surface area contributed by atoms with Gasteiger partial charge in [0.2, 0.25) is 0 Å². The van der Waals surface area contributed by atoms with E-state index in [1.165, 1.54) is 0 Å². The van der Waals surface area contributed by atoms with Gasteiger partial charge in [0, 0.05) is 24.7 Å². The van der Waals surface area contributed by atoms with E-state index in [0.29, 0.717) is 30.0 Å². The standard InChI is InChI=1S/C22H22Cl2N4O2/c1-4-28(5-2)22(30)27-19-13(3)12-25-20-14(19)8-6-11-17(20)26-21(29)18-15(23)9-7-10-16(18)24/h6-12H,4-5H2,1-3H3,(H,26,29)(H,25,27,30). The number of nitrogens with one attached hydrogen (secondary N) is 2. The molecule has 0 atom stereocenters. The van der Waals surface area contributed by atoms with Gasteiger partial charge in [0.25, 0.3) is 5.91 Å². The van der Waals surface area contributed by atoms with Crippen molar-refractivity contribution in [2.45, 2.75) is 20.8 Å². The lowest BCUT2D eigenvalue weighted by atomic mass is 10.1. The second-order valence-corrected chi connectivity index (χ2v) is 7.49. The molecule has 0 fully saturated rings. The first-order chi connectivity index (χ1) is 14.4. The van der Waals surface area contributed by atoms with Gasteiger partial charge in [-0.2, -0.15) is 0 Å². The highest BCUT2D eigenvalue weighted by Gasteiger charge is 2.18. The zero-order valence-electron chi connectivity index (χ0n) is 16.9. The number of amides is 3. The molecule has 0 aliphatic heterocycles. The van der Waals surface area contributed by atoms with E-state index in [1.807, 2.05) is 26.8 Å². The molecule has 3 rings (SSSR count). The molecule has 1 aromatic heterocycles. The first-order valence-corrected chi connectivity index (χ1v) is 10.3. The van der Waals surface area contributed by atoms with Crippen LogP contribution in [-0.2, 0) is 0 Å². The summed E-state index contributed by atoms with van der Waals surface area (Å²) in [6.07, 6.45) is 1.66. The number of aryl methyl sites for hydroxylation is 1. The maximum absolute atomic E-state index is 12.8. The van der Waals surface area contributed by atoms with Crippen LogP contribution in [0.2, 0.25) is 10.0 Å². The Morgan fingerprint density at radius 2 is 1.63 bits per heavy atom. The summed E-state index contributed by atoms with van der Waals surface area (Å²) in [7, 11) is 0. The van der Waals surface area contributed by atoms with Crippen LogP contribution in [0.5, 0.6) is 0 Å². The van der Waals surface area contributed by atoms with Crippen molar-refractivity contribution in [1.82, 2.24) is 9.88 Å². The summed E-state index contributed by atoms with van der Waals surface area (Å²) in [4.78, 5) is 31.6. The van der Waals surface area contributed by atoms with Gasteiger partial charge in [-0.3, -0.25) is 9.78 Å². The van der Waals surface area contributed by atoms with Gasteiger partial charge in [0.15, 0.2) is 0 Å². The number of carbonyl (C=O) groups is 2. The number of para-hydroxylation sites is 1. The topological polar surface area (TPSA) is 74.3 Å². The normalized spacial score (nSPS) is 10.7. The van der Waals surface area contributed by atoms with Gasteiger partial charge >= 0.3 is 6.03 Å². The number of nitrogens with zero attached hydrogens (tertiary/aromatic N) is 2. The number of hydrogen-bond donors (Lipinski definition) is 2. The molecule has 0 aliphatic carbocycles. The molecule has 8 heteroatoms. The Bertz CT molecular complexity index is 1090. The number of hydrogen-bond acceptors (Lipinski definition) is 3. The van der Waals surface area contributed by atoms with Crippen molar-refractivity contribution in [2.24, 2.45) is 0 Å². The molecule has 3 aromatic rings. The van der Waals surface area contributed by atoms with E-state index in [9.17, 15) is 9.59 Å². The van der Waals surface area contributed by atoms with Crippen LogP contribution in [0.25, 0.3) is 10.9 Å². The number of aromatic nitrogens is 1. The second-order valence-electron chi connectivity index (χ2n) is 6.67. The van der Waals surface area contributed by atoms with E-state index in [0.717, 1.165) is 10.9 Å². The summed E-state index contributed by atoms with van der Waals surface area (Å²) in [6, 6.07) is 10.1. The van der Waals surface area contributed by atoms with Crippen molar-refractivity contribution in [3.63, 3.8) is 0 Å². The molecule has 0 radical (unpaired) electrons. The van der Waals surface area contributed by atoms with E-state index in [2.05, 4.69) is 15.6 Å². The van der Waals surface area contributed by atoms with Crippen molar-refractivity contribution in [1.29, 1.82) is 0 Å². The van der Waals surface area contributed by atoms with Crippen molar-refractivity contribution in [3.8, 4) is 0 Å². The molecule has 1 heterocycles. The Morgan fingerprint density at radius 1 is 1.00 bits per heavy atom. The largest absolute Gasteiger partial charge is 0.325 e. The molecule has 0 spiro atoms. The van der Waals surface area contributed by atoms with Crippen LogP contribution in [0.3, 0.4) is 0 Å². The fourth-order valence-corrected chi connectivity index (χ4v) is 3.75. The van der Waals surface area contributed by atoms with Crippen LogP contribution >= 0.6 is 23.2 Å². The van der Waals surface area contributed by atoms with Crippen molar-refractivity contribution in [3.05, 3.63) is 63.8 Å². The molecule has 0 saturated heterocycles. The summed E-state index contributed by atoms with van der Waals surface area (Å²) in [6.45, 7) is 6.93. The van der Waals surface area contributed by atoms with Crippen LogP contribution in [0.15, 0.2) is 42.6 Å². The summed E-state index contributed by atoms with van der Waals surface area (Å²) in [5.41, 5.74) is 2.71. The van der Waals surface area contributed by atoms with Gasteiger partial charge in [0.05, 0.1) is 32.5 Å². The lowest BCUT2D eigenvalue weighted by Gasteiger charge is -2.21. The maximum atomic E-state index is 12.8. The zero-order valence-corrected chi connectivity index (χ0v) is 18.4. The second kappa shape index (κ2) is 9.32. The maximum Gasteiger partial charge on any atom is 0.321 e. The number of fused-ring (bicyclic) bond motifs is 1. The molecule has 0 unspecified atom stereocenters. The minimum absolute atomic E-state index is 0.187. The molecular weight excluding hydrogens is 423 g/mol. The van der Waals surface area contributed by atoms with Crippen LogP contribution in [0.4, 0.5) is 16.2 Å². The Kier molecular flexibility index (Phi) is 6.80. The van der Waals surface area contributed by atoms with Gasteiger partial charge in [-0.15, -0.1) is 0 Å². The fraction of sp³-hybridized carbons (Fsp3) is 0.227. The number of pyridine rings is 1. The highest BCUT2D eigenvalue weighted by atomic mass is 35.5. The van der Waals surface area contributed by atoms with Crippen LogP contribution in [0, 0.1) is 6.92 Å². The molecule has 156 valence electrons. The van der Waals surface area contributed by atoms with E-state index in [-0.39, 0.29) is 21.6 Å². The first kappa shape index (κ1) is 21.9. The smallest absolute Gasteiger partial charge is 0.321 e. The molecule has 0 aliphatic rings. The van der Waals surface area contributed by atoms with Crippen molar-refractivity contribution in [2.75, 3.05) is 23.7 Å². The van der Waals surface area contributed by atoms with Gasteiger partial charge in [-0.1, -0.05) is 41.4 Å².